The molecule has 0 aromatic carbocycles. The normalized spacial score (nSPS) is 16.2. The lowest BCUT2D eigenvalue weighted by molar-refractivity contribution is 0.292. The summed E-state index contributed by atoms with van der Waals surface area (Å²) in [5.41, 5.74) is 2.95. The monoisotopic (exact) mass is 186 g/mol. The van der Waals surface area contributed by atoms with E-state index < -0.39 is 0 Å². The van der Waals surface area contributed by atoms with Gasteiger partial charge in [-0.2, -0.15) is 0 Å². The maximum atomic E-state index is 5.56. The molecule has 0 radical (unpaired) electrons. The summed E-state index contributed by atoms with van der Waals surface area (Å²) >= 11 is 0. The first-order chi connectivity index (χ1) is 6.19. The molecule has 0 aromatic heterocycles. The van der Waals surface area contributed by atoms with Crippen molar-refractivity contribution in [3.63, 3.8) is 0 Å². The Morgan fingerprint density at radius 2 is 1.62 bits per heavy atom. The SMILES string of the molecule is CCC(CC)CC(NN)C(C)CC. The second-order valence-corrected chi connectivity index (χ2v) is 4.08. The molecule has 2 atom stereocenters. The zero-order valence-corrected chi connectivity index (χ0v) is 9.64. The van der Waals surface area contributed by atoms with Gasteiger partial charge in [-0.1, -0.05) is 47.0 Å². The minimum Gasteiger partial charge on any atom is -0.271 e. The van der Waals surface area contributed by atoms with Crippen molar-refractivity contribution < 1.29 is 0 Å². The lowest BCUT2D eigenvalue weighted by atomic mass is 9.88. The molecular weight excluding hydrogens is 160 g/mol. The van der Waals surface area contributed by atoms with Gasteiger partial charge in [0.25, 0.3) is 0 Å². The fraction of sp³-hybridized carbons (Fsp3) is 1.00. The van der Waals surface area contributed by atoms with Gasteiger partial charge in [0, 0.05) is 6.04 Å². The number of nitrogens with one attached hydrogen (secondary N) is 1. The highest BCUT2D eigenvalue weighted by Gasteiger charge is 2.17. The van der Waals surface area contributed by atoms with Crippen molar-refractivity contribution in [1.82, 2.24) is 5.43 Å². The van der Waals surface area contributed by atoms with E-state index in [-0.39, 0.29) is 0 Å². The maximum absolute atomic E-state index is 5.56. The molecule has 0 aliphatic heterocycles. The van der Waals surface area contributed by atoms with Gasteiger partial charge >= 0.3 is 0 Å². The molecule has 3 N–H and O–H groups in total. The van der Waals surface area contributed by atoms with Gasteiger partial charge in [0.05, 0.1) is 0 Å². The van der Waals surface area contributed by atoms with Crippen LogP contribution >= 0.6 is 0 Å². The molecule has 0 fully saturated rings. The van der Waals surface area contributed by atoms with Crippen LogP contribution in [0, 0.1) is 11.8 Å². The second-order valence-electron chi connectivity index (χ2n) is 4.08. The third kappa shape index (κ3) is 4.63. The van der Waals surface area contributed by atoms with Gasteiger partial charge in [-0.15, -0.1) is 0 Å². The first kappa shape index (κ1) is 12.9. The molecule has 0 aliphatic rings. The highest BCUT2D eigenvalue weighted by molar-refractivity contribution is 4.73. The van der Waals surface area contributed by atoms with Crippen LogP contribution in [0.1, 0.15) is 53.4 Å². The molecule has 2 unspecified atom stereocenters. The van der Waals surface area contributed by atoms with E-state index in [2.05, 4.69) is 33.1 Å². The predicted octanol–water partition coefficient (Wildman–Crippen LogP) is 2.69. The van der Waals surface area contributed by atoms with E-state index in [1.54, 1.807) is 0 Å². The third-order valence-corrected chi connectivity index (χ3v) is 3.29. The topological polar surface area (TPSA) is 38.0 Å². The highest BCUT2D eigenvalue weighted by Crippen LogP contribution is 2.20. The van der Waals surface area contributed by atoms with Crippen LogP contribution in [0.2, 0.25) is 0 Å². The second kappa shape index (κ2) is 7.34. The van der Waals surface area contributed by atoms with E-state index in [1.165, 1.54) is 25.7 Å². The third-order valence-electron chi connectivity index (χ3n) is 3.29. The number of hydrogen-bond donors (Lipinski definition) is 2. The summed E-state index contributed by atoms with van der Waals surface area (Å²) in [7, 11) is 0. The minimum absolute atomic E-state index is 0.495. The zero-order chi connectivity index (χ0) is 10.3. The quantitative estimate of drug-likeness (QED) is 0.474. The summed E-state index contributed by atoms with van der Waals surface area (Å²) in [6.07, 6.45) is 4.96. The number of hydrazine groups is 1. The number of rotatable bonds is 7. The standard InChI is InChI=1S/C11H26N2/c1-5-9(4)11(13-12)8-10(6-2)7-3/h9-11,13H,5-8,12H2,1-4H3. The van der Waals surface area contributed by atoms with Crippen molar-refractivity contribution >= 4 is 0 Å². The summed E-state index contributed by atoms with van der Waals surface area (Å²) in [5.74, 6) is 7.07. The van der Waals surface area contributed by atoms with Crippen LogP contribution in [-0.4, -0.2) is 6.04 Å². The molecule has 2 nitrogen and oxygen atoms in total. The van der Waals surface area contributed by atoms with Crippen LogP contribution < -0.4 is 11.3 Å². The van der Waals surface area contributed by atoms with Gasteiger partial charge in [-0.3, -0.25) is 11.3 Å². The van der Waals surface area contributed by atoms with Crippen molar-refractivity contribution in [1.29, 1.82) is 0 Å². The van der Waals surface area contributed by atoms with Crippen molar-refractivity contribution in [2.75, 3.05) is 0 Å². The summed E-state index contributed by atoms with van der Waals surface area (Å²) < 4.78 is 0. The van der Waals surface area contributed by atoms with E-state index >= 15 is 0 Å². The Hall–Kier alpha value is -0.0800. The Kier molecular flexibility index (Phi) is 7.29. The molecule has 13 heavy (non-hydrogen) atoms. The van der Waals surface area contributed by atoms with Crippen LogP contribution in [0.15, 0.2) is 0 Å². The largest absolute Gasteiger partial charge is 0.271 e. The molecule has 0 aliphatic carbocycles. The molecule has 0 heterocycles. The summed E-state index contributed by atoms with van der Waals surface area (Å²) in [4.78, 5) is 0. The van der Waals surface area contributed by atoms with Gasteiger partial charge in [0.15, 0.2) is 0 Å². The van der Waals surface area contributed by atoms with Gasteiger partial charge in [0.2, 0.25) is 0 Å². The first-order valence-electron chi connectivity index (χ1n) is 5.65. The van der Waals surface area contributed by atoms with E-state index in [1.807, 2.05) is 0 Å². The van der Waals surface area contributed by atoms with Crippen molar-refractivity contribution in [3.8, 4) is 0 Å². The Labute approximate surface area is 83.2 Å². The Morgan fingerprint density at radius 1 is 1.08 bits per heavy atom. The Balaban J connectivity index is 3.94. The van der Waals surface area contributed by atoms with E-state index in [0.717, 1.165) is 5.92 Å². The minimum atomic E-state index is 0.495. The summed E-state index contributed by atoms with van der Waals surface area (Å²) in [6.45, 7) is 9.02. The molecule has 0 rings (SSSR count). The number of nitrogens with two attached hydrogens (primary N) is 1. The van der Waals surface area contributed by atoms with Crippen LogP contribution in [0.5, 0.6) is 0 Å². The fourth-order valence-electron chi connectivity index (χ4n) is 1.73. The van der Waals surface area contributed by atoms with Crippen LogP contribution in [-0.2, 0) is 0 Å². The molecule has 0 amide bonds. The molecule has 2 heteroatoms. The van der Waals surface area contributed by atoms with E-state index in [4.69, 9.17) is 5.84 Å². The van der Waals surface area contributed by atoms with Crippen molar-refractivity contribution in [2.24, 2.45) is 17.7 Å². The van der Waals surface area contributed by atoms with E-state index in [0.29, 0.717) is 12.0 Å². The average Bonchev–Trinajstić information content (AvgIpc) is 2.19. The predicted molar refractivity (Wildman–Crippen MR) is 59.3 cm³/mol. The molecular formula is C11H26N2. The molecule has 80 valence electrons. The average molecular weight is 186 g/mol. The smallest absolute Gasteiger partial charge is 0.0238 e. The van der Waals surface area contributed by atoms with Gasteiger partial charge in [-0.05, 0) is 18.3 Å². The van der Waals surface area contributed by atoms with Crippen LogP contribution in [0.4, 0.5) is 0 Å². The van der Waals surface area contributed by atoms with Gasteiger partial charge < -0.3 is 0 Å². The molecule has 0 saturated heterocycles. The van der Waals surface area contributed by atoms with Crippen molar-refractivity contribution in [3.05, 3.63) is 0 Å². The Morgan fingerprint density at radius 3 is 1.92 bits per heavy atom. The van der Waals surface area contributed by atoms with Gasteiger partial charge in [0.1, 0.15) is 0 Å². The summed E-state index contributed by atoms with van der Waals surface area (Å²) in [6, 6.07) is 0.495. The molecule has 0 saturated carbocycles. The van der Waals surface area contributed by atoms with Crippen molar-refractivity contribution in [2.45, 2.75) is 59.4 Å². The first-order valence-corrected chi connectivity index (χ1v) is 5.65. The Bertz CT molecular complexity index is 111. The zero-order valence-electron chi connectivity index (χ0n) is 9.64. The van der Waals surface area contributed by atoms with E-state index in [9.17, 15) is 0 Å². The fourth-order valence-corrected chi connectivity index (χ4v) is 1.73. The maximum Gasteiger partial charge on any atom is 0.0238 e. The lowest BCUT2D eigenvalue weighted by Crippen LogP contribution is -2.41. The van der Waals surface area contributed by atoms with Crippen LogP contribution in [0.25, 0.3) is 0 Å². The molecule has 0 aromatic rings. The molecule has 0 spiro atoms. The lowest BCUT2D eigenvalue weighted by Gasteiger charge is -2.25. The highest BCUT2D eigenvalue weighted by atomic mass is 15.2. The van der Waals surface area contributed by atoms with Crippen LogP contribution in [0.3, 0.4) is 0 Å². The van der Waals surface area contributed by atoms with Gasteiger partial charge in [-0.25, -0.2) is 0 Å². The summed E-state index contributed by atoms with van der Waals surface area (Å²) in [5, 5.41) is 0. The number of hydrogen-bond acceptors (Lipinski definition) is 2. The molecule has 0 bridgehead atoms.